The number of amides is 1. The van der Waals surface area contributed by atoms with Crippen molar-refractivity contribution in [2.24, 2.45) is 0 Å². The second-order valence-corrected chi connectivity index (χ2v) is 6.51. The predicted molar refractivity (Wildman–Crippen MR) is 99.5 cm³/mol. The lowest BCUT2D eigenvalue weighted by atomic mass is 10.1. The number of carbonyl (C=O) groups excluding carboxylic acids is 1. The molecule has 0 spiro atoms. The molecule has 6 heteroatoms. The van der Waals surface area contributed by atoms with Gasteiger partial charge in [0.15, 0.2) is 11.5 Å². The van der Waals surface area contributed by atoms with Gasteiger partial charge in [-0.1, -0.05) is 29.8 Å². The van der Waals surface area contributed by atoms with Crippen molar-refractivity contribution in [1.82, 2.24) is 4.90 Å². The molecule has 122 valence electrons. The molecule has 0 saturated carbocycles. The minimum Gasteiger partial charge on any atom is -0.493 e. The van der Waals surface area contributed by atoms with Crippen LogP contribution in [0, 0.1) is 3.57 Å². The summed E-state index contributed by atoms with van der Waals surface area (Å²) in [6.07, 6.45) is 0. The summed E-state index contributed by atoms with van der Waals surface area (Å²) in [5.41, 5.74) is 1.47. The van der Waals surface area contributed by atoms with Crippen LogP contribution in [0.5, 0.6) is 11.5 Å². The van der Waals surface area contributed by atoms with Gasteiger partial charge in [-0.3, -0.25) is 4.79 Å². The molecular formula is C17H17ClINO3. The molecule has 0 aliphatic rings. The van der Waals surface area contributed by atoms with Crippen molar-refractivity contribution in [1.29, 1.82) is 0 Å². The zero-order valence-electron chi connectivity index (χ0n) is 13.1. The van der Waals surface area contributed by atoms with Gasteiger partial charge in [0.2, 0.25) is 0 Å². The van der Waals surface area contributed by atoms with Gasteiger partial charge in [0.1, 0.15) is 0 Å². The van der Waals surface area contributed by atoms with Crippen LogP contribution in [-0.4, -0.2) is 32.1 Å². The first-order valence-corrected chi connectivity index (χ1v) is 8.34. The van der Waals surface area contributed by atoms with E-state index in [9.17, 15) is 4.79 Å². The number of halogens is 2. The number of methoxy groups -OCH3 is 2. The van der Waals surface area contributed by atoms with Crippen LogP contribution in [-0.2, 0) is 6.54 Å². The first-order chi connectivity index (χ1) is 11.0. The molecule has 2 aromatic rings. The largest absolute Gasteiger partial charge is 0.493 e. The van der Waals surface area contributed by atoms with E-state index in [4.69, 9.17) is 21.1 Å². The van der Waals surface area contributed by atoms with Crippen LogP contribution in [0.4, 0.5) is 0 Å². The molecule has 0 atom stereocenters. The van der Waals surface area contributed by atoms with Crippen LogP contribution >= 0.6 is 34.2 Å². The van der Waals surface area contributed by atoms with Crippen LogP contribution in [0.25, 0.3) is 0 Å². The van der Waals surface area contributed by atoms with E-state index in [2.05, 4.69) is 22.6 Å². The summed E-state index contributed by atoms with van der Waals surface area (Å²) in [4.78, 5) is 14.4. The van der Waals surface area contributed by atoms with Crippen LogP contribution in [0.15, 0.2) is 36.4 Å². The Hall–Kier alpha value is -1.47. The Morgan fingerprint density at radius 2 is 1.78 bits per heavy atom. The third-order valence-corrected chi connectivity index (χ3v) is 4.68. The highest BCUT2D eigenvalue weighted by Crippen LogP contribution is 2.32. The van der Waals surface area contributed by atoms with E-state index in [1.807, 2.05) is 24.3 Å². The topological polar surface area (TPSA) is 38.8 Å². The molecule has 0 unspecified atom stereocenters. The first kappa shape index (κ1) is 17.9. The Morgan fingerprint density at radius 3 is 2.39 bits per heavy atom. The molecule has 1 amide bonds. The SMILES string of the molecule is COc1cc(I)c(C(=O)N(C)Cc2ccccc2Cl)cc1OC. The molecule has 4 nitrogen and oxygen atoms in total. The quantitative estimate of drug-likeness (QED) is 0.647. The zero-order chi connectivity index (χ0) is 17.0. The number of ether oxygens (including phenoxy) is 2. The Bertz CT molecular complexity index is 721. The molecule has 2 aromatic carbocycles. The maximum Gasteiger partial charge on any atom is 0.255 e. The fourth-order valence-corrected chi connectivity index (χ4v) is 3.04. The molecule has 2 rings (SSSR count). The maximum absolute atomic E-state index is 12.7. The predicted octanol–water partition coefficient (Wildman–Crippen LogP) is 4.23. The van der Waals surface area contributed by atoms with Gasteiger partial charge in [-0.25, -0.2) is 0 Å². The van der Waals surface area contributed by atoms with Crippen LogP contribution in [0.1, 0.15) is 15.9 Å². The van der Waals surface area contributed by atoms with Gasteiger partial charge in [-0.05, 0) is 46.4 Å². The van der Waals surface area contributed by atoms with Crippen molar-refractivity contribution in [2.75, 3.05) is 21.3 Å². The Balaban J connectivity index is 2.27. The minimum absolute atomic E-state index is 0.102. The molecule has 0 fully saturated rings. The molecule has 0 heterocycles. The molecule has 0 N–H and O–H groups in total. The molecule has 23 heavy (non-hydrogen) atoms. The third-order valence-electron chi connectivity index (χ3n) is 3.42. The lowest BCUT2D eigenvalue weighted by Crippen LogP contribution is -2.27. The molecule has 0 radical (unpaired) electrons. The summed E-state index contributed by atoms with van der Waals surface area (Å²) < 4.78 is 11.3. The van der Waals surface area contributed by atoms with Gasteiger partial charge in [-0.2, -0.15) is 0 Å². The Morgan fingerprint density at radius 1 is 1.17 bits per heavy atom. The van der Waals surface area contributed by atoms with E-state index < -0.39 is 0 Å². The van der Waals surface area contributed by atoms with Crippen molar-refractivity contribution >= 4 is 40.1 Å². The lowest BCUT2D eigenvalue weighted by molar-refractivity contribution is 0.0783. The number of rotatable bonds is 5. The number of hydrogen-bond acceptors (Lipinski definition) is 3. The van der Waals surface area contributed by atoms with Crippen molar-refractivity contribution in [3.05, 3.63) is 56.1 Å². The first-order valence-electron chi connectivity index (χ1n) is 6.88. The van der Waals surface area contributed by atoms with Gasteiger partial charge in [0.25, 0.3) is 5.91 Å². The van der Waals surface area contributed by atoms with Gasteiger partial charge < -0.3 is 14.4 Å². The summed E-state index contributed by atoms with van der Waals surface area (Å²) in [5.74, 6) is 1.03. The highest BCUT2D eigenvalue weighted by atomic mass is 127. The average Bonchev–Trinajstić information content (AvgIpc) is 2.55. The van der Waals surface area contributed by atoms with Crippen LogP contribution in [0.2, 0.25) is 5.02 Å². The van der Waals surface area contributed by atoms with Crippen molar-refractivity contribution in [3.8, 4) is 11.5 Å². The molecule has 0 aromatic heterocycles. The van der Waals surface area contributed by atoms with Crippen molar-refractivity contribution in [2.45, 2.75) is 6.54 Å². The molecule has 0 aliphatic carbocycles. The van der Waals surface area contributed by atoms with E-state index in [1.165, 1.54) is 0 Å². The van der Waals surface area contributed by atoms with Gasteiger partial charge in [-0.15, -0.1) is 0 Å². The Kier molecular flexibility index (Phi) is 6.12. The third kappa shape index (κ3) is 4.09. The smallest absolute Gasteiger partial charge is 0.255 e. The van der Waals surface area contributed by atoms with E-state index in [0.717, 1.165) is 9.13 Å². The lowest BCUT2D eigenvalue weighted by Gasteiger charge is -2.20. The summed E-state index contributed by atoms with van der Waals surface area (Å²) >= 11 is 8.28. The molecular weight excluding hydrogens is 429 g/mol. The van der Waals surface area contributed by atoms with Crippen molar-refractivity contribution < 1.29 is 14.3 Å². The summed E-state index contributed by atoms with van der Waals surface area (Å²) in [6, 6.07) is 11.0. The fraction of sp³-hybridized carbons (Fsp3) is 0.235. The number of hydrogen-bond donors (Lipinski definition) is 0. The molecule has 0 saturated heterocycles. The van der Waals surface area contributed by atoms with Crippen molar-refractivity contribution in [3.63, 3.8) is 0 Å². The molecule has 0 bridgehead atoms. The Labute approximate surface area is 154 Å². The summed E-state index contributed by atoms with van der Waals surface area (Å²) in [6.45, 7) is 0.433. The zero-order valence-corrected chi connectivity index (χ0v) is 16.0. The van der Waals surface area contributed by atoms with Crippen LogP contribution in [0.3, 0.4) is 0 Å². The van der Waals surface area contributed by atoms with Gasteiger partial charge in [0.05, 0.1) is 19.8 Å². The van der Waals surface area contributed by atoms with Gasteiger partial charge in [0, 0.05) is 22.2 Å². The monoisotopic (exact) mass is 445 g/mol. The van der Waals surface area contributed by atoms with E-state index in [0.29, 0.717) is 28.6 Å². The minimum atomic E-state index is -0.102. The number of benzene rings is 2. The number of nitrogens with zero attached hydrogens (tertiary/aromatic N) is 1. The highest BCUT2D eigenvalue weighted by molar-refractivity contribution is 14.1. The maximum atomic E-state index is 12.7. The number of carbonyl (C=O) groups is 1. The van der Waals surface area contributed by atoms with Crippen LogP contribution < -0.4 is 9.47 Å². The normalized spacial score (nSPS) is 10.3. The second kappa shape index (κ2) is 7.88. The summed E-state index contributed by atoms with van der Waals surface area (Å²) in [7, 11) is 4.86. The highest BCUT2D eigenvalue weighted by Gasteiger charge is 2.19. The van der Waals surface area contributed by atoms with E-state index >= 15 is 0 Å². The van der Waals surface area contributed by atoms with E-state index in [-0.39, 0.29) is 5.91 Å². The average molecular weight is 446 g/mol. The standard InChI is InChI=1S/C17H17ClINO3/c1-20(10-11-6-4-5-7-13(11)18)17(21)12-8-15(22-2)16(23-3)9-14(12)19/h4-9H,10H2,1-3H3. The van der Waals surface area contributed by atoms with E-state index in [1.54, 1.807) is 38.3 Å². The summed E-state index contributed by atoms with van der Waals surface area (Å²) in [5, 5.41) is 0.647. The second-order valence-electron chi connectivity index (χ2n) is 4.94. The molecule has 0 aliphatic heterocycles. The van der Waals surface area contributed by atoms with Gasteiger partial charge >= 0.3 is 0 Å². The fourth-order valence-electron chi connectivity index (χ4n) is 2.18.